The van der Waals surface area contributed by atoms with Crippen molar-refractivity contribution in [3.63, 3.8) is 0 Å². The van der Waals surface area contributed by atoms with Crippen molar-refractivity contribution < 1.29 is 13.2 Å². The molecule has 0 aromatic heterocycles. The first-order chi connectivity index (χ1) is 5.12. The third-order valence-corrected chi connectivity index (χ3v) is 2.38. The summed E-state index contributed by atoms with van der Waals surface area (Å²) >= 11 is 0. The number of nitrogens with one attached hydrogen (secondary N) is 1. The van der Waals surface area contributed by atoms with E-state index in [2.05, 4.69) is 5.32 Å². The van der Waals surface area contributed by atoms with Crippen LogP contribution in [0.15, 0.2) is 0 Å². The Hall–Kier alpha value is -0.580. The third kappa shape index (κ3) is 6.15. The summed E-state index contributed by atoms with van der Waals surface area (Å²) in [5.74, 6) is -0.261. The Bertz CT molecular complexity index is 266. The van der Waals surface area contributed by atoms with Crippen LogP contribution in [-0.2, 0) is 14.6 Å². The minimum absolute atomic E-state index is 0.0421. The Morgan fingerprint density at radius 2 is 1.83 bits per heavy atom. The molecule has 0 aromatic carbocycles. The zero-order valence-corrected chi connectivity index (χ0v) is 8.66. The zero-order valence-electron chi connectivity index (χ0n) is 7.84. The van der Waals surface area contributed by atoms with E-state index in [0.717, 1.165) is 6.26 Å². The number of sulfone groups is 1. The number of rotatable bonds is 3. The fourth-order valence-electron chi connectivity index (χ4n) is 1.17. The van der Waals surface area contributed by atoms with Crippen molar-refractivity contribution in [3.05, 3.63) is 0 Å². The predicted molar refractivity (Wildman–Crippen MR) is 47.6 cm³/mol. The summed E-state index contributed by atoms with van der Waals surface area (Å²) in [5, 5.41) is 2.56. The fourth-order valence-corrected chi connectivity index (χ4v) is 2.55. The van der Waals surface area contributed by atoms with Crippen LogP contribution in [0.5, 0.6) is 0 Å². The first kappa shape index (κ1) is 11.4. The number of carbonyl (C=O) groups is 1. The molecule has 5 heteroatoms. The van der Waals surface area contributed by atoms with Gasteiger partial charge in [0.1, 0.15) is 9.84 Å². The minimum atomic E-state index is -3.04. The van der Waals surface area contributed by atoms with Crippen molar-refractivity contribution in [3.8, 4) is 0 Å². The van der Waals surface area contributed by atoms with Crippen molar-refractivity contribution in [2.45, 2.75) is 26.3 Å². The Labute approximate surface area is 73.3 Å². The summed E-state index contributed by atoms with van der Waals surface area (Å²) in [7, 11) is -3.04. The Kier molecular flexibility index (Phi) is 3.26. The van der Waals surface area contributed by atoms with Gasteiger partial charge in [0.05, 0.1) is 5.75 Å². The number of carbonyl (C=O) groups excluding carboxylic acids is 1. The molecule has 0 aliphatic heterocycles. The fraction of sp³-hybridized carbons (Fsp3) is 0.857. The molecule has 0 aliphatic carbocycles. The van der Waals surface area contributed by atoms with E-state index in [1.54, 1.807) is 13.8 Å². The molecule has 0 aromatic rings. The smallest absolute Gasteiger partial charge is 0.217 e. The monoisotopic (exact) mass is 193 g/mol. The van der Waals surface area contributed by atoms with Gasteiger partial charge in [-0.15, -0.1) is 0 Å². The maximum atomic E-state index is 10.9. The van der Waals surface area contributed by atoms with Gasteiger partial charge in [-0.05, 0) is 13.8 Å². The molecule has 12 heavy (non-hydrogen) atoms. The zero-order chi connectivity index (χ0) is 9.99. The van der Waals surface area contributed by atoms with Crippen LogP contribution < -0.4 is 5.32 Å². The highest BCUT2D eigenvalue weighted by atomic mass is 32.2. The van der Waals surface area contributed by atoms with Gasteiger partial charge in [0, 0.05) is 18.7 Å². The quantitative estimate of drug-likeness (QED) is 0.683. The van der Waals surface area contributed by atoms with Crippen molar-refractivity contribution in [1.29, 1.82) is 0 Å². The molecule has 1 N–H and O–H groups in total. The maximum absolute atomic E-state index is 10.9. The molecule has 0 heterocycles. The highest BCUT2D eigenvalue weighted by Crippen LogP contribution is 2.05. The van der Waals surface area contributed by atoms with E-state index in [1.807, 2.05) is 0 Å². The SMILES string of the molecule is CC(=O)NC(C)(C)CS(C)(=O)=O. The average molecular weight is 193 g/mol. The summed E-state index contributed by atoms with van der Waals surface area (Å²) in [6.07, 6.45) is 1.15. The van der Waals surface area contributed by atoms with Crippen molar-refractivity contribution in [1.82, 2.24) is 5.32 Å². The van der Waals surface area contributed by atoms with Gasteiger partial charge in [0.15, 0.2) is 0 Å². The molecule has 72 valence electrons. The van der Waals surface area contributed by atoms with E-state index in [1.165, 1.54) is 6.92 Å². The molecular formula is C7H15NO3S. The van der Waals surface area contributed by atoms with Gasteiger partial charge in [-0.2, -0.15) is 0 Å². The van der Waals surface area contributed by atoms with Gasteiger partial charge in [-0.25, -0.2) is 8.42 Å². The van der Waals surface area contributed by atoms with Crippen molar-refractivity contribution in [2.75, 3.05) is 12.0 Å². The largest absolute Gasteiger partial charge is 0.350 e. The molecule has 0 spiro atoms. The van der Waals surface area contributed by atoms with E-state index in [4.69, 9.17) is 0 Å². The second-order valence-electron chi connectivity index (χ2n) is 3.64. The number of amides is 1. The molecule has 0 rings (SSSR count). The molecule has 0 fully saturated rings. The van der Waals surface area contributed by atoms with Crippen LogP contribution in [0.25, 0.3) is 0 Å². The first-order valence-corrected chi connectivity index (χ1v) is 5.65. The van der Waals surface area contributed by atoms with Crippen LogP contribution >= 0.6 is 0 Å². The van der Waals surface area contributed by atoms with Crippen LogP contribution in [0, 0.1) is 0 Å². The van der Waals surface area contributed by atoms with E-state index >= 15 is 0 Å². The molecule has 4 nitrogen and oxygen atoms in total. The summed E-state index contributed by atoms with van der Waals surface area (Å²) in [5.41, 5.74) is -0.681. The van der Waals surface area contributed by atoms with E-state index in [0.29, 0.717) is 0 Å². The van der Waals surface area contributed by atoms with Gasteiger partial charge in [0.2, 0.25) is 5.91 Å². The lowest BCUT2D eigenvalue weighted by Crippen LogP contribution is -2.47. The molecule has 1 amide bonds. The van der Waals surface area contributed by atoms with E-state index in [9.17, 15) is 13.2 Å². The summed E-state index contributed by atoms with van der Waals surface area (Å²) in [4.78, 5) is 10.6. The van der Waals surface area contributed by atoms with Gasteiger partial charge < -0.3 is 5.32 Å². The van der Waals surface area contributed by atoms with Gasteiger partial charge >= 0.3 is 0 Å². The Balaban J connectivity index is 4.33. The maximum Gasteiger partial charge on any atom is 0.217 e. The molecule has 0 atom stereocenters. The highest BCUT2D eigenvalue weighted by molar-refractivity contribution is 7.90. The number of hydrogen-bond acceptors (Lipinski definition) is 3. The predicted octanol–water partition coefficient (Wildman–Crippen LogP) is -0.0543. The van der Waals surface area contributed by atoms with Gasteiger partial charge in [0.25, 0.3) is 0 Å². The lowest BCUT2D eigenvalue weighted by molar-refractivity contribution is -0.120. The van der Waals surface area contributed by atoms with Crippen LogP contribution in [-0.4, -0.2) is 31.9 Å². The van der Waals surface area contributed by atoms with Crippen molar-refractivity contribution in [2.24, 2.45) is 0 Å². The summed E-state index contributed by atoms with van der Waals surface area (Å²) in [6.45, 7) is 4.72. The van der Waals surface area contributed by atoms with Crippen LogP contribution in [0.4, 0.5) is 0 Å². The molecule has 0 saturated carbocycles. The summed E-state index contributed by atoms with van der Waals surface area (Å²) in [6, 6.07) is 0. The third-order valence-electron chi connectivity index (χ3n) is 1.14. The molecule has 0 saturated heterocycles. The molecular weight excluding hydrogens is 178 g/mol. The van der Waals surface area contributed by atoms with E-state index < -0.39 is 15.4 Å². The van der Waals surface area contributed by atoms with Crippen molar-refractivity contribution >= 4 is 15.7 Å². The Morgan fingerprint density at radius 3 is 2.08 bits per heavy atom. The highest BCUT2D eigenvalue weighted by Gasteiger charge is 2.23. The topological polar surface area (TPSA) is 63.2 Å². The van der Waals surface area contributed by atoms with Gasteiger partial charge in [-0.3, -0.25) is 4.79 Å². The second kappa shape index (κ2) is 3.43. The standard InChI is InChI=1S/C7H15NO3S/c1-6(9)8-7(2,3)5-12(4,10)11/h5H2,1-4H3,(H,8,9). The minimum Gasteiger partial charge on any atom is -0.350 e. The van der Waals surface area contributed by atoms with Crippen LogP contribution in [0.2, 0.25) is 0 Å². The van der Waals surface area contributed by atoms with Crippen LogP contribution in [0.1, 0.15) is 20.8 Å². The lowest BCUT2D eigenvalue weighted by atomic mass is 10.1. The first-order valence-electron chi connectivity index (χ1n) is 3.59. The molecule has 0 aliphatic rings. The number of hydrogen-bond donors (Lipinski definition) is 1. The van der Waals surface area contributed by atoms with Gasteiger partial charge in [-0.1, -0.05) is 0 Å². The lowest BCUT2D eigenvalue weighted by Gasteiger charge is -2.24. The summed E-state index contributed by atoms with van der Waals surface area (Å²) < 4.78 is 21.8. The Morgan fingerprint density at radius 1 is 1.42 bits per heavy atom. The van der Waals surface area contributed by atoms with Crippen LogP contribution in [0.3, 0.4) is 0 Å². The molecule has 0 unspecified atom stereocenters. The molecule has 0 bridgehead atoms. The normalized spacial score (nSPS) is 12.7. The van der Waals surface area contributed by atoms with E-state index in [-0.39, 0.29) is 11.7 Å². The average Bonchev–Trinajstić information content (AvgIpc) is 1.48. The second-order valence-corrected chi connectivity index (χ2v) is 5.78. The molecule has 0 radical (unpaired) electrons.